The van der Waals surface area contributed by atoms with Gasteiger partial charge in [0.15, 0.2) is 0 Å². The number of carbonyl (C=O) groups excluding carboxylic acids is 3. The van der Waals surface area contributed by atoms with E-state index in [1.165, 1.54) is 6.92 Å². The van der Waals surface area contributed by atoms with Crippen molar-refractivity contribution < 1.29 is 23.5 Å². The van der Waals surface area contributed by atoms with Crippen molar-refractivity contribution in [1.82, 2.24) is 10.2 Å². The molecule has 1 aliphatic rings. The molecule has 0 aromatic heterocycles. The minimum absolute atomic E-state index is 0.0371. The Kier molecular flexibility index (Phi) is 11.3. The number of amides is 1. The quantitative estimate of drug-likeness (QED) is 0.263. The molecule has 1 heterocycles. The Balaban J connectivity index is 2.47. The van der Waals surface area contributed by atoms with Crippen molar-refractivity contribution in [2.75, 3.05) is 0 Å². The Morgan fingerprint density at radius 3 is 2.43 bits per heavy atom. The molecule has 35 heavy (non-hydrogen) atoms. The van der Waals surface area contributed by atoms with E-state index >= 15 is 0 Å². The Hall–Kier alpha value is -1.80. The third kappa shape index (κ3) is 7.59. The van der Waals surface area contributed by atoms with E-state index in [0.717, 1.165) is 12.0 Å². The van der Waals surface area contributed by atoms with E-state index in [0.29, 0.717) is 32.2 Å². The van der Waals surface area contributed by atoms with Crippen LogP contribution in [0, 0.1) is 5.92 Å². The fourth-order valence-electron chi connectivity index (χ4n) is 5.23. The number of halogens is 2. The number of rotatable bonds is 13. The number of esters is 1. The number of hydrogen-bond donors (Lipinski definition) is 1. The molecular weight excluding hydrogens is 515 g/mol. The summed E-state index contributed by atoms with van der Waals surface area (Å²) < 4.78 is 19.4. The number of likely N-dealkylation sites (tertiary alicyclic amines) is 1. The largest absolute Gasteiger partial charge is 0.430 e. The van der Waals surface area contributed by atoms with Crippen LogP contribution < -0.4 is 5.32 Å². The highest BCUT2D eigenvalue weighted by molar-refractivity contribution is 9.09. The number of alkyl halides is 2. The summed E-state index contributed by atoms with van der Waals surface area (Å²) >= 11 is 3.77. The number of nitrogens with one attached hydrogen (secondary N) is 1. The zero-order chi connectivity index (χ0) is 26.2. The maximum Gasteiger partial charge on any atom is 0.325 e. The second kappa shape index (κ2) is 13.5. The standard InChI is InChI=1S/C27H40BrFN2O4/c1-6-11-25(29)35-26(34)24-14-15-27(19(4)32,31(24)17-21-12-9-8-10-13-21)16-22(23(28)7-2)18(3)30-20(5)33/h8-10,12-13,18,22-25H,6-7,11,14-17H2,1-5H3,(H,30,33)/t18?,22?,23?,24-,25?,27-/m1/s1. The molecule has 2 rings (SSSR count). The van der Waals surface area contributed by atoms with E-state index in [-0.39, 0.29) is 34.9 Å². The van der Waals surface area contributed by atoms with E-state index in [1.54, 1.807) is 6.92 Å². The van der Waals surface area contributed by atoms with Gasteiger partial charge in [0.1, 0.15) is 11.8 Å². The molecule has 1 saturated heterocycles. The second-order valence-electron chi connectivity index (χ2n) is 9.67. The van der Waals surface area contributed by atoms with Crippen LogP contribution in [0.25, 0.3) is 0 Å². The van der Waals surface area contributed by atoms with Crippen LogP contribution >= 0.6 is 15.9 Å². The summed E-state index contributed by atoms with van der Waals surface area (Å²) in [7, 11) is 0. The van der Waals surface area contributed by atoms with Gasteiger partial charge in [-0.2, -0.15) is 0 Å². The number of ether oxygens (including phenoxy) is 1. The van der Waals surface area contributed by atoms with Crippen LogP contribution in [0.15, 0.2) is 30.3 Å². The molecule has 0 spiro atoms. The molecule has 0 radical (unpaired) electrons. The number of hydrogen-bond acceptors (Lipinski definition) is 5. The molecule has 1 N–H and O–H groups in total. The maximum atomic E-state index is 14.2. The Bertz CT molecular complexity index is 855. The second-order valence-corrected chi connectivity index (χ2v) is 10.8. The van der Waals surface area contributed by atoms with E-state index in [1.807, 2.05) is 49.1 Å². The monoisotopic (exact) mass is 554 g/mol. The summed E-state index contributed by atoms with van der Waals surface area (Å²) in [6.45, 7) is 9.25. The Morgan fingerprint density at radius 1 is 1.23 bits per heavy atom. The van der Waals surface area contributed by atoms with Crippen molar-refractivity contribution >= 4 is 33.6 Å². The van der Waals surface area contributed by atoms with Gasteiger partial charge < -0.3 is 10.1 Å². The van der Waals surface area contributed by atoms with Crippen LogP contribution in [0.5, 0.6) is 0 Å². The molecule has 1 fully saturated rings. The lowest BCUT2D eigenvalue weighted by Crippen LogP contribution is -2.57. The van der Waals surface area contributed by atoms with Gasteiger partial charge in [0.2, 0.25) is 12.3 Å². The van der Waals surface area contributed by atoms with E-state index < -0.39 is 23.9 Å². The summed E-state index contributed by atoms with van der Waals surface area (Å²) in [5, 5.41) is 2.99. The van der Waals surface area contributed by atoms with Gasteiger partial charge in [0.25, 0.3) is 0 Å². The first-order valence-electron chi connectivity index (χ1n) is 12.6. The molecule has 0 aliphatic carbocycles. The predicted molar refractivity (Wildman–Crippen MR) is 139 cm³/mol. The zero-order valence-electron chi connectivity index (χ0n) is 21.6. The molecule has 6 atom stereocenters. The predicted octanol–water partition coefficient (Wildman–Crippen LogP) is 5.32. The van der Waals surface area contributed by atoms with Crippen LogP contribution in [0.3, 0.4) is 0 Å². The lowest BCUT2D eigenvalue weighted by Gasteiger charge is -2.43. The normalized spacial score (nSPS) is 23.8. The number of nitrogens with zero attached hydrogens (tertiary/aromatic N) is 1. The average Bonchev–Trinajstić information content (AvgIpc) is 3.16. The molecule has 1 aliphatic heterocycles. The molecule has 1 aromatic rings. The lowest BCUT2D eigenvalue weighted by atomic mass is 9.77. The number of ketones is 1. The van der Waals surface area contributed by atoms with Crippen LogP contribution in [-0.2, 0) is 25.7 Å². The van der Waals surface area contributed by atoms with Crippen molar-refractivity contribution in [2.24, 2.45) is 5.92 Å². The summed E-state index contributed by atoms with van der Waals surface area (Å²) in [5.41, 5.74) is 0.0230. The Labute approximate surface area is 217 Å². The number of benzene rings is 1. The molecule has 196 valence electrons. The van der Waals surface area contributed by atoms with Gasteiger partial charge in [0, 0.05) is 30.8 Å². The minimum atomic E-state index is -1.65. The molecule has 6 nitrogen and oxygen atoms in total. The summed E-state index contributed by atoms with van der Waals surface area (Å²) in [5.74, 6) is -0.851. The van der Waals surface area contributed by atoms with Crippen molar-refractivity contribution in [2.45, 2.75) is 108 Å². The molecule has 0 saturated carbocycles. The van der Waals surface area contributed by atoms with Gasteiger partial charge in [-0.25, -0.2) is 4.39 Å². The lowest BCUT2D eigenvalue weighted by molar-refractivity contribution is -0.166. The van der Waals surface area contributed by atoms with Crippen LogP contribution in [0.1, 0.15) is 78.7 Å². The van der Waals surface area contributed by atoms with E-state index in [4.69, 9.17) is 4.74 Å². The van der Waals surface area contributed by atoms with Crippen LogP contribution in [0.2, 0.25) is 0 Å². The molecule has 1 aromatic carbocycles. The Morgan fingerprint density at radius 2 is 1.89 bits per heavy atom. The highest BCUT2D eigenvalue weighted by atomic mass is 79.9. The number of carbonyl (C=O) groups is 3. The molecule has 0 bridgehead atoms. The van der Waals surface area contributed by atoms with Gasteiger partial charge in [-0.1, -0.05) is 60.1 Å². The molecule has 1 amide bonds. The first kappa shape index (κ1) is 29.4. The molecular formula is C27H40BrFN2O4. The summed E-state index contributed by atoms with van der Waals surface area (Å²) in [6.07, 6.45) is 1.20. The van der Waals surface area contributed by atoms with Gasteiger partial charge in [0.05, 0.1) is 5.54 Å². The first-order chi connectivity index (χ1) is 16.5. The molecule has 8 heteroatoms. The van der Waals surface area contributed by atoms with Gasteiger partial charge in [-0.05, 0) is 57.4 Å². The van der Waals surface area contributed by atoms with Gasteiger partial charge >= 0.3 is 5.97 Å². The van der Waals surface area contributed by atoms with Crippen molar-refractivity contribution in [3.05, 3.63) is 35.9 Å². The van der Waals surface area contributed by atoms with E-state index in [2.05, 4.69) is 28.2 Å². The fraction of sp³-hybridized carbons (Fsp3) is 0.667. The van der Waals surface area contributed by atoms with Crippen molar-refractivity contribution in [3.63, 3.8) is 0 Å². The molecule has 4 unspecified atom stereocenters. The maximum absolute atomic E-state index is 14.2. The highest BCUT2D eigenvalue weighted by Crippen LogP contribution is 2.43. The minimum Gasteiger partial charge on any atom is -0.430 e. The third-order valence-corrected chi connectivity index (χ3v) is 8.47. The highest BCUT2D eigenvalue weighted by Gasteiger charge is 2.54. The van der Waals surface area contributed by atoms with Crippen LogP contribution in [0.4, 0.5) is 4.39 Å². The first-order valence-corrected chi connectivity index (χ1v) is 13.5. The van der Waals surface area contributed by atoms with Gasteiger partial charge in [-0.3, -0.25) is 19.3 Å². The number of Topliss-reactive ketones (excluding diaryl/α,β-unsaturated/α-hetero) is 1. The SMILES string of the molecule is CCCC(F)OC(=O)[C@H]1CC[C@@](CC(C(Br)CC)C(C)NC(C)=O)(C(C)=O)N1Cc1ccccc1. The van der Waals surface area contributed by atoms with Crippen LogP contribution in [-0.4, -0.2) is 51.4 Å². The van der Waals surface area contributed by atoms with Gasteiger partial charge in [-0.15, -0.1) is 0 Å². The fourth-order valence-corrected chi connectivity index (χ4v) is 5.87. The summed E-state index contributed by atoms with van der Waals surface area (Å²) in [4.78, 5) is 40.3. The van der Waals surface area contributed by atoms with Crippen molar-refractivity contribution in [1.29, 1.82) is 0 Å². The zero-order valence-corrected chi connectivity index (χ0v) is 23.1. The summed E-state index contributed by atoms with van der Waals surface area (Å²) in [6, 6.07) is 8.76. The topological polar surface area (TPSA) is 75.7 Å². The van der Waals surface area contributed by atoms with Crippen molar-refractivity contribution in [3.8, 4) is 0 Å². The van der Waals surface area contributed by atoms with E-state index in [9.17, 15) is 18.8 Å². The smallest absolute Gasteiger partial charge is 0.325 e. The average molecular weight is 556 g/mol. The third-order valence-electron chi connectivity index (χ3n) is 7.14.